The lowest BCUT2D eigenvalue weighted by atomic mass is 10.0. The molecule has 1 rings (SSSR count). The summed E-state index contributed by atoms with van der Waals surface area (Å²) < 4.78 is 5.09. The molecule has 3 amide bonds. The molecule has 0 spiro atoms. The van der Waals surface area contributed by atoms with Gasteiger partial charge in [-0.2, -0.15) is 0 Å². The normalized spacial score (nSPS) is 13.4. The topological polar surface area (TPSA) is 137 Å². The van der Waals surface area contributed by atoms with Gasteiger partial charge < -0.3 is 26.8 Å². The van der Waals surface area contributed by atoms with E-state index in [4.69, 9.17) is 16.2 Å². The van der Waals surface area contributed by atoms with Gasteiger partial charge in [0.2, 0.25) is 11.8 Å². The minimum absolute atomic E-state index is 0.170. The van der Waals surface area contributed by atoms with E-state index in [1.54, 1.807) is 20.8 Å². The predicted octanol–water partition coefficient (Wildman–Crippen LogP) is 0.441. The van der Waals surface area contributed by atoms with Crippen molar-refractivity contribution in [2.75, 3.05) is 6.54 Å². The molecule has 0 saturated heterocycles. The number of carbonyl (C=O) groups excluding carboxylic acids is 3. The molecule has 0 aliphatic carbocycles. The van der Waals surface area contributed by atoms with E-state index in [2.05, 4.69) is 10.6 Å². The number of nitrogens with two attached hydrogens (primary N) is 2. The highest BCUT2D eigenvalue weighted by Crippen LogP contribution is 2.06. The molecule has 2 unspecified atom stereocenters. The number of alkyl carbamates (subject to hydrolysis) is 1. The number of hydrogen-bond acceptors (Lipinski definition) is 5. The molecule has 8 heteroatoms. The summed E-state index contributed by atoms with van der Waals surface area (Å²) in [6.45, 7) is 5.43. The van der Waals surface area contributed by atoms with E-state index in [9.17, 15) is 14.4 Å². The van der Waals surface area contributed by atoms with E-state index in [1.165, 1.54) is 0 Å². The summed E-state index contributed by atoms with van der Waals surface area (Å²) in [5.41, 5.74) is 11.5. The summed E-state index contributed by atoms with van der Waals surface area (Å²) in [4.78, 5) is 35.3. The summed E-state index contributed by atoms with van der Waals surface area (Å²) >= 11 is 0. The monoisotopic (exact) mass is 364 g/mol. The van der Waals surface area contributed by atoms with Crippen LogP contribution in [0.25, 0.3) is 0 Å². The standard InChI is InChI=1S/C18H28N4O4/c1-18(2,3)26-17(25)21-10-9-13(19)16(24)22-14(15(20)23)11-12-7-5-4-6-8-12/h4-8,13-14H,9-11,19H2,1-3H3,(H2,20,23)(H,21,25)(H,22,24). The molecule has 0 aliphatic heterocycles. The van der Waals surface area contributed by atoms with Crippen LogP contribution in [0.1, 0.15) is 32.8 Å². The highest BCUT2D eigenvalue weighted by molar-refractivity contribution is 5.89. The number of benzene rings is 1. The van der Waals surface area contributed by atoms with Crippen molar-refractivity contribution in [3.63, 3.8) is 0 Å². The van der Waals surface area contributed by atoms with Crippen molar-refractivity contribution >= 4 is 17.9 Å². The first-order chi connectivity index (χ1) is 12.1. The molecule has 2 atom stereocenters. The van der Waals surface area contributed by atoms with Crippen molar-refractivity contribution < 1.29 is 19.1 Å². The van der Waals surface area contributed by atoms with Crippen LogP contribution in [0.3, 0.4) is 0 Å². The van der Waals surface area contributed by atoms with E-state index in [0.29, 0.717) is 0 Å². The van der Waals surface area contributed by atoms with Gasteiger partial charge in [0, 0.05) is 13.0 Å². The number of nitrogens with one attached hydrogen (secondary N) is 2. The summed E-state index contributed by atoms with van der Waals surface area (Å²) in [5, 5.41) is 5.09. The Morgan fingerprint density at radius 1 is 1.15 bits per heavy atom. The molecule has 0 heterocycles. The third-order valence-corrected chi connectivity index (χ3v) is 3.40. The van der Waals surface area contributed by atoms with Crippen LogP contribution in [0.15, 0.2) is 30.3 Å². The van der Waals surface area contributed by atoms with E-state index in [1.807, 2.05) is 30.3 Å². The maximum absolute atomic E-state index is 12.2. The smallest absolute Gasteiger partial charge is 0.407 e. The lowest BCUT2D eigenvalue weighted by molar-refractivity contribution is -0.128. The maximum atomic E-state index is 12.2. The van der Waals surface area contributed by atoms with Gasteiger partial charge in [-0.25, -0.2) is 4.79 Å². The quantitative estimate of drug-likeness (QED) is 0.530. The Kier molecular flexibility index (Phi) is 8.05. The van der Waals surface area contributed by atoms with Gasteiger partial charge in [0.05, 0.1) is 6.04 Å². The highest BCUT2D eigenvalue weighted by Gasteiger charge is 2.22. The van der Waals surface area contributed by atoms with Crippen LogP contribution in [-0.2, 0) is 20.7 Å². The highest BCUT2D eigenvalue weighted by atomic mass is 16.6. The molecule has 144 valence electrons. The zero-order valence-corrected chi connectivity index (χ0v) is 15.5. The Labute approximate surface area is 153 Å². The Balaban J connectivity index is 2.45. The van der Waals surface area contributed by atoms with E-state index in [-0.39, 0.29) is 19.4 Å². The predicted molar refractivity (Wildman–Crippen MR) is 98.1 cm³/mol. The maximum Gasteiger partial charge on any atom is 0.407 e. The fraction of sp³-hybridized carbons (Fsp3) is 0.500. The average Bonchev–Trinajstić information content (AvgIpc) is 2.53. The van der Waals surface area contributed by atoms with Crippen molar-refractivity contribution in [3.8, 4) is 0 Å². The molecule has 26 heavy (non-hydrogen) atoms. The Hall–Kier alpha value is -2.61. The molecular weight excluding hydrogens is 336 g/mol. The van der Waals surface area contributed by atoms with Crippen molar-refractivity contribution in [1.82, 2.24) is 10.6 Å². The van der Waals surface area contributed by atoms with Gasteiger partial charge in [0.1, 0.15) is 11.6 Å². The second kappa shape index (κ2) is 9.76. The first-order valence-electron chi connectivity index (χ1n) is 8.44. The van der Waals surface area contributed by atoms with E-state index >= 15 is 0 Å². The Morgan fingerprint density at radius 2 is 1.77 bits per heavy atom. The van der Waals surface area contributed by atoms with Crippen LogP contribution in [0.2, 0.25) is 0 Å². The third-order valence-electron chi connectivity index (χ3n) is 3.40. The van der Waals surface area contributed by atoms with Gasteiger partial charge in [-0.3, -0.25) is 9.59 Å². The molecule has 0 bridgehead atoms. The summed E-state index contributed by atoms with van der Waals surface area (Å²) in [6.07, 6.45) is -0.101. The van der Waals surface area contributed by atoms with Crippen LogP contribution in [0.5, 0.6) is 0 Å². The second-order valence-corrected chi connectivity index (χ2v) is 6.98. The molecule has 0 aromatic heterocycles. The molecular formula is C18H28N4O4. The van der Waals surface area contributed by atoms with Gasteiger partial charge in [0.25, 0.3) is 0 Å². The zero-order valence-electron chi connectivity index (χ0n) is 15.5. The van der Waals surface area contributed by atoms with Gasteiger partial charge >= 0.3 is 6.09 Å². The number of ether oxygens (including phenoxy) is 1. The lowest BCUT2D eigenvalue weighted by Gasteiger charge is -2.21. The molecule has 1 aromatic rings. The number of hydrogen-bond donors (Lipinski definition) is 4. The van der Waals surface area contributed by atoms with E-state index < -0.39 is 35.6 Å². The third kappa shape index (κ3) is 8.48. The Bertz CT molecular complexity index is 613. The van der Waals surface area contributed by atoms with Gasteiger partial charge in [0.15, 0.2) is 0 Å². The van der Waals surface area contributed by atoms with E-state index in [0.717, 1.165) is 5.56 Å². The number of primary amides is 1. The molecule has 0 aliphatic rings. The summed E-state index contributed by atoms with van der Waals surface area (Å²) in [7, 11) is 0. The average molecular weight is 364 g/mol. The Morgan fingerprint density at radius 3 is 2.31 bits per heavy atom. The minimum Gasteiger partial charge on any atom is -0.444 e. The SMILES string of the molecule is CC(C)(C)OC(=O)NCCC(N)C(=O)NC(Cc1ccccc1)C(N)=O. The molecule has 0 radical (unpaired) electrons. The molecule has 8 nitrogen and oxygen atoms in total. The van der Waals surface area contributed by atoms with Gasteiger partial charge in [-0.05, 0) is 32.8 Å². The van der Waals surface area contributed by atoms with Gasteiger partial charge in [-0.1, -0.05) is 30.3 Å². The minimum atomic E-state index is -0.887. The lowest BCUT2D eigenvalue weighted by Crippen LogP contribution is -2.52. The van der Waals surface area contributed by atoms with Crippen molar-refractivity contribution in [3.05, 3.63) is 35.9 Å². The van der Waals surface area contributed by atoms with Crippen molar-refractivity contribution in [1.29, 1.82) is 0 Å². The van der Waals surface area contributed by atoms with Crippen LogP contribution < -0.4 is 22.1 Å². The summed E-state index contributed by atoms with van der Waals surface area (Å²) in [6, 6.07) is 7.47. The van der Waals surface area contributed by atoms with Crippen molar-refractivity contribution in [2.45, 2.75) is 51.3 Å². The van der Waals surface area contributed by atoms with Crippen molar-refractivity contribution in [2.24, 2.45) is 11.5 Å². The second-order valence-electron chi connectivity index (χ2n) is 6.98. The van der Waals surface area contributed by atoms with Crippen LogP contribution in [0.4, 0.5) is 4.79 Å². The number of rotatable bonds is 8. The number of amides is 3. The van der Waals surface area contributed by atoms with Crippen LogP contribution in [-0.4, -0.2) is 42.1 Å². The summed E-state index contributed by atoms with van der Waals surface area (Å²) in [5.74, 6) is -1.14. The first-order valence-corrected chi connectivity index (χ1v) is 8.44. The van der Waals surface area contributed by atoms with Crippen LogP contribution >= 0.6 is 0 Å². The molecule has 6 N–H and O–H groups in total. The fourth-order valence-corrected chi connectivity index (χ4v) is 2.13. The molecule has 1 aromatic carbocycles. The molecule has 0 saturated carbocycles. The van der Waals surface area contributed by atoms with Gasteiger partial charge in [-0.15, -0.1) is 0 Å². The molecule has 0 fully saturated rings. The fourth-order valence-electron chi connectivity index (χ4n) is 2.13. The first kappa shape index (κ1) is 21.4. The van der Waals surface area contributed by atoms with Crippen LogP contribution in [0, 0.1) is 0 Å². The zero-order chi connectivity index (χ0) is 19.7. The largest absolute Gasteiger partial charge is 0.444 e. The number of carbonyl (C=O) groups is 3.